The minimum Gasteiger partial charge on any atom is -0.454 e. The average Bonchev–Trinajstić information content (AvgIpc) is 3.35. The van der Waals surface area contributed by atoms with E-state index in [-0.39, 0.29) is 6.79 Å². The average molecular weight is 506 g/mol. The second-order valence-electron chi connectivity index (χ2n) is 10.2. The van der Waals surface area contributed by atoms with Crippen molar-refractivity contribution in [2.75, 3.05) is 12.1 Å². The first-order valence-corrected chi connectivity index (χ1v) is 13.1. The summed E-state index contributed by atoms with van der Waals surface area (Å²) >= 11 is 0. The van der Waals surface area contributed by atoms with Gasteiger partial charge in [0.1, 0.15) is 0 Å². The number of nitrogens with zero attached hydrogens (tertiary/aromatic N) is 1. The second kappa shape index (κ2) is 10.3. The van der Waals surface area contributed by atoms with Crippen LogP contribution < -0.4 is 20.1 Å². The molecule has 3 aromatic carbocycles. The maximum Gasteiger partial charge on any atom is 0.231 e. The Morgan fingerprint density at radius 1 is 0.947 bits per heavy atom. The SMILES string of the molecule is C=C(Cn1cc(C(=C)c2ccc(C)c(C)c2)c(=N)c2cc3c(cc21)OCO3)Nc1ccc(CCC)c(C)c1. The van der Waals surface area contributed by atoms with Gasteiger partial charge in [0.25, 0.3) is 0 Å². The monoisotopic (exact) mass is 505 g/mol. The summed E-state index contributed by atoms with van der Waals surface area (Å²) in [6.45, 7) is 18.0. The van der Waals surface area contributed by atoms with E-state index in [9.17, 15) is 0 Å². The zero-order chi connectivity index (χ0) is 27.0. The molecule has 1 aliphatic rings. The Hall–Kier alpha value is -4.25. The Morgan fingerprint density at radius 2 is 1.71 bits per heavy atom. The van der Waals surface area contributed by atoms with Crippen LogP contribution in [0.4, 0.5) is 5.69 Å². The van der Waals surface area contributed by atoms with E-state index in [4.69, 9.17) is 14.9 Å². The summed E-state index contributed by atoms with van der Waals surface area (Å²) in [6, 6.07) is 16.7. The minimum atomic E-state index is 0.183. The van der Waals surface area contributed by atoms with E-state index in [0.29, 0.717) is 23.4 Å². The number of pyridine rings is 1. The fourth-order valence-electron chi connectivity index (χ4n) is 5.02. The van der Waals surface area contributed by atoms with E-state index >= 15 is 0 Å². The lowest BCUT2D eigenvalue weighted by Gasteiger charge is -2.19. The maximum atomic E-state index is 9.11. The summed E-state index contributed by atoms with van der Waals surface area (Å²) in [4.78, 5) is 0. The molecular weight excluding hydrogens is 470 g/mol. The number of benzene rings is 3. The Balaban J connectivity index is 1.54. The van der Waals surface area contributed by atoms with Crippen molar-refractivity contribution in [1.82, 2.24) is 4.57 Å². The molecule has 5 heteroatoms. The first-order valence-electron chi connectivity index (χ1n) is 13.1. The van der Waals surface area contributed by atoms with Crippen LogP contribution in [0, 0.1) is 26.2 Å². The Bertz CT molecular complexity index is 1640. The minimum absolute atomic E-state index is 0.183. The van der Waals surface area contributed by atoms with Crippen LogP contribution in [0.5, 0.6) is 11.5 Å². The van der Waals surface area contributed by atoms with Crippen molar-refractivity contribution in [2.45, 2.75) is 47.1 Å². The predicted octanol–water partition coefficient (Wildman–Crippen LogP) is 7.41. The van der Waals surface area contributed by atoms with Crippen molar-refractivity contribution in [1.29, 1.82) is 5.41 Å². The van der Waals surface area contributed by atoms with Gasteiger partial charge < -0.3 is 19.4 Å². The van der Waals surface area contributed by atoms with Crippen molar-refractivity contribution in [3.8, 4) is 11.5 Å². The highest BCUT2D eigenvalue weighted by molar-refractivity contribution is 5.88. The van der Waals surface area contributed by atoms with E-state index in [0.717, 1.165) is 51.8 Å². The molecule has 5 rings (SSSR count). The van der Waals surface area contributed by atoms with Crippen LogP contribution in [-0.4, -0.2) is 11.4 Å². The smallest absolute Gasteiger partial charge is 0.231 e. The number of hydrogen-bond donors (Lipinski definition) is 2. The quantitative estimate of drug-likeness (QED) is 0.262. The standard InChI is InChI=1S/C33H35N3O2/c1-7-8-25-11-12-27(14-22(25)4)35-23(5)17-36-18-29(24(6)26-10-9-20(2)21(3)13-26)33(34)28-15-31-32(16-30(28)36)38-19-37-31/h9-16,18,34-35H,5-8,17,19H2,1-4H3. The van der Waals surface area contributed by atoms with E-state index in [2.05, 4.69) is 87.1 Å². The lowest BCUT2D eigenvalue weighted by atomic mass is 9.95. The number of anilines is 1. The number of allylic oxidation sites excluding steroid dienone is 1. The molecule has 38 heavy (non-hydrogen) atoms. The molecule has 0 saturated heterocycles. The molecule has 2 N–H and O–H groups in total. The molecule has 0 bridgehead atoms. The van der Waals surface area contributed by atoms with Gasteiger partial charge in [-0.3, -0.25) is 5.41 Å². The van der Waals surface area contributed by atoms with Gasteiger partial charge in [0.15, 0.2) is 11.5 Å². The van der Waals surface area contributed by atoms with E-state index in [1.807, 2.05) is 18.3 Å². The first-order chi connectivity index (χ1) is 18.2. The van der Waals surface area contributed by atoms with E-state index in [1.165, 1.54) is 22.3 Å². The summed E-state index contributed by atoms with van der Waals surface area (Å²) in [6.07, 6.45) is 4.22. The summed E-state index contributed by atoms with van der Waals surface area (Å²) < 4.78 is 13.4. The zero-order valence-electron chi connectivity index (χ0n) is 22.7. The summed E-state index contributed by atoms with van der Waals surface area (Å²) in [7, 11) is 0. The van der Waals surface area contributed by atoms with Crippen LogP contribution in [0.2, 0.25) is 0 Å². The van der Waals surface area contributed by atoms with E-state index in [1.54, 1.807) is 0 Å². The fourth-order valence-corrected chi connectivity index (χ4v) is 5.02. The summed E-state index contributed by atoms with van der Waals surface area (Å²) in [5.41, 5.74) is 10.4. The third-order valence-electron chi connectivity index (χ3n) is 7.35. The van der Waals surface area contributed by atoms with Crippen LogP contribution >= 0.6 is 0 Å². The zero-order valence-corrected chi connectivity index (χ0v) is 22.7. The number of nitrogens with one attached hydrogen (secondary N) is 2. The molecule has 0 spiro atoms. The topological polar surface area (TPSA) is 59.3 Å². The van der Waals surface area contributed by atoms with Gasteiger partial charge in [-0.15, -0.1) is 0 Å². The lowest BCUT2D eigenvalue weighted by Crippen LogP contribution is -2.17. The van der Waals surface area contributed by atoms with Crippen LogP contribution in [0.1, 0.15) is 46.7 Å². The van der Waals surface area contributed by atoms with Crippen molar-refractivity contribution in [2.24, 2.45) is 0 Å². The molecule has 0 radical (unpaired) electrons. The number of aryl methyl sites for hydroxylation is 4. The van der Waals surface area contributed by atoms with Gasteiger partial charge in [-0.1, -0.05) is 50.8 Å². The van der Waals surface area contributed by atoms with Crippen molar-refractivity contribution < 1.29 is 9.47 Å². The van der Waals surface area contributed by atoms with E-state index < -0.39 is 0 Å². The Labute approximate surface area is 224 Å². The first kappa shape index (κ1) is 25.4. The van der Waals surface area contributed by atoms with Crippen molar-refractivity contribution >= 4 is 22.2 Å². The summed E-state index contributed by atoms with van der Waals surface area (Å²) in [5.74, 6) is 1.35. The number of fused-ring (bicyclic) bond motifs is 2. The van der Waals surface area contributed by atoms with Gasteiger partial charge >= 0.3 is 0 Å². The molecule has 0 atom stereocenters. The number of ether oxygens (including phenoxy) is 2. The molecule has 0 fully saturated rings. The number of rotatable bonds is 8. The van der Waals surface area contributed by atoms with Gasteiger partial charge in [0.05, 0.1) is 17.4 Å². The molecule has 194 valence electrons. The lowest BCUT2D eigenvalue weighted by molar-refractivity contribution is 0.174. The van der Waals surface area contributed by atoms with Gasteiger partial charge in [-0.05, 0) is 78.8 Å². The number of hydrogen-bond acceptors (Lipinski definition) is 4. The summed E-state index contributed by atoms with van der Waals surface area (Å²) in [5, 5.41) is 13.8. The molecule has 0 amide bonds. The molecule has 5 nitrogen and oxygen atoms in total. The predicted molar refractivity (Wildman–Crippen MR) is 156 cm³/mol. The van der Waals surface area contributed by atoms with Crippen LogP contribution in [0.25, 0.3) is 16.5 Å². The maximum absolute atomic E-state index is 9.11. The number of aromatic nitrogens is 1. The van der Waals surface area contributed by atoms with Crippen molar-refractivity contribution in [3.05, 3.63) is 112 Å². The molecule has 0 aliphatic carbocycles. The van der Waals surface area contributed by atoms with Gasteiger partial charge in [0, 0.05) is 34.6 Å². The molecule has 1 aliphatic heterocycles. The second-order valence-corrected chi connectivity index (χ2v) is 10.2. The highest BCUT2D eigenvalue weighted by atomic mass is 16.7. The normalized spacial score (nSPS) is 12.1. The van der Waals surface area contributed by atoms with Crippen LogP contribution in [0.15, 0.2) is 73.6 Å². The molecule has 0 unspecified atom stereocenters. The third-order valence-corrected chi connectivity index (χ3v) is 7.35. The molecule has 0 saturated carbocycles. The Morgan fingerprint density at radius 3 is 2.42 bits per heavy atom. The largest absolute Gasteiger partial charge is 0.454 e. The van der Waals surface area contributed by atoms with Crippen LogP contribution in [-0.2, 0) is 13.0 Å². The molecular formula is C33H35N3O2. The van der Waals surface area contributed by atoms with Gasteiger partial charge in [-0.2, -0.15) is 0 Å². The highest BCUT2D eigenvalue weighted by Gasteiger charge is 2.19. The molecule has 1 aromatic heterocycles. The van der Waals surface area contributed by atoms with Crippen LogP contribution in [0.3, 0.4) is 0 Å². The third kappa shape index (κ3) is 4.84. The Kier molecular flexibility index (Phi) is 6.85. The molecule has 4 aromatic rings. The van der Waals surface area contributed by atoms with Gasteiger partial charge in [0.2, 0.25) is 6.79 Å². The highest BCUT2D eigenvalue weighted by Crippen LogP contribution is 2.36. The fraction of sp³-hybridized carbons (Fsp3) is 0.242. The molecule has 2 heterocycles. The van der Waals surface area contributed by atoms with Crippen molar-refractivity contribution in [3.63, 3.8) is 0 Å². The van der Waals surface area contributed by atoms with Gasteiger partial charge in [-0.25, -0.2) is 0 Å².